The molecule has 0 saturated heterocycles. The maximum absolute atomic E-state index is 10.8. The van der Waals surface area contributed by atoms with E-state index in [-0.39, 0.29) is 5.69 Å². The summed E-state index contributed by atoms with van der Waals surface area (Å²) in [5.41, 5.74) is 3.37. The van der Waals surface area contributed by atoms with E-state index < -0.39 is 4.92 Å². The minimum Gasteiger partial charge on any atom is -0.258 e. The van der Waals surface area contributed by atoms with E-state index in [0.717, 1.165) is 17.0 Å². The zero-order valence-electron chi connectivity index (χ0n) is 15.3. The van der Waals surface area contributed by atoms with Crippen LogP contribution < -0.4 is 0 Å². The number of H-pyrrole nitrogens is 1. The number of benzene rings is 2. The second-order valence-electron chi connectivity index (χ2n) is 6.18. The van der Waals surface area contributed by atoms with E-state index in [1.54, 1.807) is 23.0 Å². The number of rotatable bonds is 5. The molecule has 0 unspecified atom stereocenters. The standard InChI is InChI=1S/C19H15N7O2S/c1-13-11-17(15-5-3-2-4-6-15)23-24(13)18-21-22-19(29)25(18)20-12-14-7-9-16(10-8-14)26(27)28/h2-12H,1H3,(H,22,29)/b20-12+. The molecule has 2 heterocycles. The van der Waals surface area contributed by atoms with E-state index in [2.05, 4.69) is 20.4 Å². The minimum atomic E-state index is -0.448. The van der Waals surface area contributed by atoms with Gasteiger partial charge >= 0.3 is 0 Å². The van der Waals surface area contributed by atoms with Crippen LogP contribution in [0.3, 0.4) is 0 Å². The summed E-state index contributed by atoms with van der Waals surface area (Å²) in [4.78, 5) is 10.3. The van der Waals surface area contributed by atoms with Crippen LogP contribution >= 0.6 is 12.2 Å². The first-order valence-corrected chi connectivity index (χ1v) is 9.02. The van der Waals surface area contributed by atoms with Gasteiger partial charge in [-0.3, -0.25) is 10.1 Å². The first kappa shape index (κ1) is 18.4. The zero-order chi connectivity index (χ0) is 20.4. The van der Waals surface area contributed by atoms with Crippen LogP contribution in [0.1, 0.15) is 11.3 Å². The number of aromatic nitrogens is 5. The summed E-state index contributed by atoms with van der Waals surface area (Å²) in [7, 11) is 0. The molecular formula is C19H15N7O2S. The van der Waals surface area contributed by atoms with Gasteiger partial charge in [0, 0.05) is 23.4 Å². The van der Waals surface area contributed by atoms with Crippen LogP contribution in [-0.4, -0.2) is 35.8 Å². The number of aryl methyl sites for hydroxylation is 1. The van der Waals surface area contributed by atoms with Crippen molar-refractivity contribution in [3.8, 4) is 17.2 Å². The molecule has 0 amide bonds. The van der Waals surface area contributed by atoms with Crippen LogP contribution in [0.25, 0.3) is 17.2 Å². The van der Waals surface area contributed by atoms with Crippen molar-refractivity contribution in [2.45, 2.75) is 6.92 Å². The Labute approximate surface area is 170 Å². The molecule has 144 valence electrons. The molecule has 0 aliphatic rings. The third kappa shape index (κ3) is 3.73. The van der Waals surface area contributed by atoms with Gasteiger partial charge in [0.05, 0.1) is 16.8 Å². The predicted octanol–water partition coefficient (Wildman–Crippen LogP) is 3.89. The predicted molar refractivity (Wildman–Crippen MR) is 111 cm³/mol. The van der Waals surface area contributed by atoms with Gasteiger partial charge in [-0.25, -0.2) is 9.78 Å². The van der Waals surface area contributed by atoms with Crippen molar-refractivity contribution in [1.29, 1.82) is 0 Å². The Kier molecular flexibility index (Phi) is 4.83. The molecule has 0 atom stereocenters. The van der Waals surface area contributed by atoms with Crippen molar-refractivity contribution in [1.82, 2.24) is 24.7 Å². The molecule has 0 spiro atoms. The van der Waals surface area contributed by atoms with Crippen LogP contribution in [0.2, 0.25) is 0 Å². The van der Waals surface area contributed by atoms with E-state index >= 15 is 0 Å². The molecule has 0 bridgehead atoms. The van der Waals surface area contributed by atoms with Crippen LogP contribution in [-0.2, 0) is 0 Å². The van der Waals surface area contributed by atoms with Gasteiger partial charge in [-0.05, 0) is 42.9 Å². The second-order valence-corrected chi connectivity index (χ2v) is 6.57. The lowest BCUT2D eigenvalue weighted by Gasteiger charge is -2.02. The van der Waals surface area contributed by atoms with E-state index in [4.69, 9.17) is 12.2 Å². The molecular weight excluding hydrogens is 390 g/mol. The number of nitro benzene ring substituents is 1. The lowest BCUT2D eigenvalue weighted by molar-refractivity contribution is -0.384. The molecule has 0 aliphatic heterocycles. The smallest absolute Gasteiger partial charge is 0.258 e. The highest BCUT2D eigenvalue weighted by molar-refractivity contribution is 7.71. The molecule has 0 fully saturated rings. The number of hydrogen-bond donors (Lipinski definition) is 1. The number of nitrogens with one attached hydrogen (secondary N) is 1. The largest absolute Gasteiger partial charge is 0.271 e. The average Bonchev–Trinajstić information content (AvgIpc) is 3.29. The number of hydrogen-bond acceptors (Lipinski definition) is 6. The third-order valence-electron chi connectivity index (χ3n) is 4.21. The van der Waals surface area contributed by atoms with Crippen molar-refractivity contribution < 1.29 is 4.92 Å². The van der Waals surface area contributed by atoms with Crippen molar-refractivity contribution >= 4 is 24.1 Å². The Bertz CT molecular complexity index is 1250. The van der Waals surface area contributed by atoms with Crippen molar-refractivity contribution in [3.05, 3.63) is 86.8 Å². The molecule has 4 aromatic rings. The third-order valence-corrected chi connectivity index (χ3v) is 4.47. The summed E-state index contributed by atoms with van der Waals surface area (Å²) in [6.45, 7) is 1.92. The van der Waals surface area contributed by atoms with Gasteiger partial charge in [-0.1, -0.05) is 30.3 Å². The second kappa shape index (κ2) is 7.60. The fourth-order valence-electron chi connectivity index (χ4n) is 2.76. The molecule has 0 radical (unpaired) electrons. The molecule has 0 saturated carbocycles. The summed E-state index contributed by atoms with van der Waals surface area (Å²) in [5, 5.41) is 26.7. The lowest BCUT2D eigenvalue weighted by atomic mass is 10.1. The van der Waals surface area contributed by atoms with Gasteiger partial charge in [0.25, 0.3) is 11.6 Å². The van der Waals surface area contributed by atoms with Crippen LogP contribution in [0.15, 0.2) is 65.8 Å². The SMILES string of the molecule is Cc1cc(-c2ccccc2)nn1-c1n[nH]c(=S)n1/N=C/c1ccc([N+](=O)[O-])cc1. The molecule has 4 rings (SSSR count). The summed E-state index contributed by atoms with van der Waals surface area (Å²) in [5.74, 6) is 0.410. The fraction of sp³-hybridized carbons (Fsp3) is 0.0526. The first-order chi connectivity index (χ1) is 14.0. The van der Waals surface area contributed by atoms with Gasteiger partial charge in [-0.15, -0.1) is 5.10 Å². The minimum absolute atomic E-state index is 0.0170. The van der Waals surface area contributed by atoms with E-state index in [1.807, 2.05) is 43.3 Å². The number of nitro groups is 1. The van der Waals surface area contributed by atoms with E-state index in [0.29, 0.717) is 16.3 Å². The van der Waals surface area contributed by atoms with Crippen LogP contribution in [0.5, 0.6) is 0 Å². The highest BCUT2D eigenvalue weighted by Gasteiger charge is 2.14. The number of nitrogens with zero attached hydrogens (tertiary/aromatic N) is 6. The lowest BCUT2D eigenvalue weighted by Crippen LogP contribution is -2.07. The fourth-order valence-corrected chi connectivity index (χ4v) is 2.93. The maximum Gasteiger partial charge on any atom is 0.271 e. The average molecular weight is 405 g/mol. The Hall–Kier alpha value is -3.92. The summed E-state index contributed by atoms with van der Waals surface area (Å²) < 4.78 is 3.40. The van der Waals surface area contributed by atoms with Crippen molar-refractivity contribution in [2.75, 3.05) is 0 Å². The highest BCUT2D eigenvalue weighted by atomic mass is 32.1. The quantitative estimate of drug-likeness (QED) is 0.235. The highest BCUT2D eigenvalue weighted by Crippen LogP contribution is 2.20. The Balaban J connectivity index is 1.69. The molecule has 0 aliphatic carbocycles. The normalized spacial score (nSPS) is 11.2. The molecule has 10 heteroatoms. The molecule has 9 nitrogen and oxygen atoms in total. The van der Waals surface area contributed by atoms with Gasteiger partial charge in [0.15, 0.2) is 0 Å². The zero-order valence-corrected chi connectivity index (χ0v) is 16.1. The summed E-state index contributed by atoms with van der Waals surface area (Å²) in [6, 6.07) is 17.8. The van der Waals surface area contributed by atoms with E-state index in [9.17, 15) is 10.1 Å². The first-order valence-electron chi connectivity index (χ1n) is 8.61. The summed E-state index contributed by atoms with van der Waals surface area (Å²) >= 11 is 5.29. The van der Waals surface area contributed by atoms with Gasteiger partial charge in [0.2, 0.25) is 4.77 Å². The topological polar surface area (TPSA) is 107 Å². The van der Waals surface area contributed by atoms with Crippen molar-refractivity contribution in [3.63, 3.8) is 0 Å². The van der Waals surface area contributed by atoms with Crippen LogP contribution in [0.4, 0.5) is 5.69 Å². The Morgan fingerprint density at radius 1 is 1.17 bits per heavy atom. The number of non-ortho nitro benzene ring substituents is 1. The van der Waals surface area contributed by atoms with Crippen molar-refractivity contribution in [2.24, 2.45) is 5.10 Å². The molecule has 2 aromatic heterocycles. The molecule has 1 N–H and O–H groups in total. The van der Waals surface area contributed by atoms with Gasteiger partial charge in [0.1, 0.15) is 0 Å². The summed E-state index contributed by atoms with van der Waals surface area (Å²) in [6.07, 6.45) is 1.55. The molecule has 2 aromatic carbocycles. The van der Waals surface area contributed by atoms with E-state index in [1.165, 1.54) is 16.8 Å². The monoisotopic (exact) mass is 405 g/mol. The Morgan fingerprint density at radius 3 is 2.59 bits per heavy atom. The van der Waals surface area contributed by atoms with Crippen LogP contribution in [0, 0.1) is 21.8 Å². The number of aromatic amines is 1. The maximum atomic E-state index is 10.8. The van der Waals surface area contributed by atoms with Gasteiger partial charge < -0.3 is 0 Å². The Morgan fingerprint density at radius 2 is 1.90 bits per heavy atom. The molecule has 29 heavy (non-hydrogen) atoms. The van der Waals surface area contributed by atoms with Gasteiger partial charge in [-0.2, -0.15) is 14.9 Å².